The van der Waals surface area contributed by atoms with Crippen LogP contribution in [0, 0.1) is 0 Å². The van der Waals surface area contributed by atoms with E-state index in [1.165, 1.54) is 0 Å². The van der Waals surface area contributed by atoms with Crippen LogP contribution in [0.5, 0.6) is 0 Å². The molecular weight excluding hydrogens is 230 g/mol. The van der Waals surface area contributed by atoms with E-state index >= 15 is 0 Å². The molecule has 0 aliphatic rings. The summed E-state index contributed by atoms with van der Waals surface area (Å²) in [6, 6.07) is 1.75. The molecule has 0 aromatic carbocycles. The highest BCUT2D eigenvalue weighted by atomic mass is 16.5. The number of ether oxygens (including phenoxy) is 1. The standard InChI is InChI=1S/C13H21N3O2/c1-4-5-10(9-18-3)16-13(17)11-6-7-15-8-12(11)14-2/h6-8,10,14H,4-5,9H2,1-3H3,(H,16,17). The molecule has 1 heterocycles. The molecule has 1 aromatic heterocycles. The van der Waals surface area contributed by atoms with Crippen molar-refractivity contribution in [1.29, 1.82) is 0 Å². The first kappa shape index (κ1) is 14.4. The number of carbonyl (C=O) groups excluding carboxylic acids is 1. The molecule has 1 unspecified atom stereocenters. The lowest BCUT2D eigenvalue weighted by molar-refractivity contribution is 0.0892. The minimum atomic E-state index is -0.0998. The third kappa shape index (κ3) is 4.00. The Bertz CT molecular complexity index is 376. The Labute approximate surface area is 108 Å². The Morgan fingerprint density at radius 1 is 1.56 bits per heavy atom. The number of rotatable bonds is 7. The van der Waals surface area contributed by atoms with Gasteiger partial charge in [0.1, 0.15) is 0 Å². The van der Waals surface area contributed by atoms with Crippen LogP contribution in [-0.4, -0.2) is 37.7 Å². The third-order valence-corrected chi connectivity index (χ3v) is 2.68. The van der Waals surface area contributed by atoms with E-state index in [-0.39, 0.29) is 11.9 Å². The Balaban J connectivity index is 2.73. The van der Waals surface area contributed by atoms with Gasteiger partial charge in [-0.2, -0.15) is 0 Å². The van der Waals surface area contributed by atoms with Crippen LogP contribution in [0.25, 0.3) is 0 Å². The number of aromatic nitrogens is 1. The highest BCUT2D eigenvalue weighted by Crippen LogP contribution is 2.12. The molecule has 5 nitrogen and oxygen atoms in total. The van der Waals surface area contributed by atoms with Crippen LogP contribution in [0.4, 0.5) is 5.69 Å². The second kappa shape index (κ2) is 7.66. The van der Waals surface area contributed by atoms with Crippen molar-refractivity contribution < 1.29 is 9.53 Å². The molecule has 0 saturated carbocycles. The molecule has 0 aliphatic carbocycles. The first-order valence-corrected chi connectivity index (χ1v) is 6.14. The summed E-state index contributed by atoms with van der Waals surface area (Å²) in [5.74, 6) is -0.0998. The Hall–Kier alpha value is -1.62. The lowest BCUT2D eigenvalue weighted by atomic mass is 10.1. The van der Waals surface area contributed by atoms with E-state index in [0.717, 1.165) is 18.5 Å². The average molecular weight is 251 g/mol. The molecule has 18 heavy (non-hydrogen) atoms. The summed E-state index contributed by atoms with van der Waals surface area (Å²) in [5.41, 5.74) is 1.33. The quantitative estimate of drug-likeness (QED) is 0.773. The van der Waals surface area contributed by atoms with Crippen LogP contribution in [0.3, 0.4) is 0 Å². The first-order valence-electron chi connectivity index (χ1n) is 6.14. The van der Waals surface area contributed by atoms with E-state index in [9.17, 15) is 4.79 Å². The van der Waals surface area contributed by atoms with Crippen molar-refractivity contribution >= 4 is 11.6 Å². The van der Waals surface area contributed by atoms with Gasteiger partial charge in [0.05, 0.1) is 30.1 Å². The summed E-state index contributed by atoms with van der Waals surface area (Å²) >= 11 is 0. The fourth-order valence-corrected chi connectivity index (χ4v) is 1.80. The summed E-state index contributed by atoms with van der Waals surface area (Å²) < 4.78 is 5.11. The lowest BCUT2D eigenvalue weighted by Gasteiger charge is -2.18. The van der Waals surface area contributed by atoms with E-state index in [1.807, 2.05) is 0 Å². The predicted octanol–water partition coefficient (Wildman–Crippen LogP) is 1.67. The highest BCUT2D eigenvalue weighted by Gasteiger charge is 2.15. The average Bonchev–Trinajstić information content (AvgIpc) is 2.39. The molecule has 1 rings (SSSR count). The molecule has 1 amide bonds. The molecular formula is C13H21N3O2. The van der Waals surface area contributed by atoms with Gasteiger partial charge in [0.25, 0.3) is 5.91 Å². The largest absolute Gasteiger partial charge is 0.386 e. The molecule has 0 spiro atoms. The van der Waals surface area contributed by atoms with E-state index in [4.69, 9.17) is 4.74 Å². The zero-order valence-electron chi connectivity index (χ0n) is 11.2. The molecule has 0 bridgehead atoms. The van der Waals surface area contributed by atoms with Crippen LogP contribution >= 0.6 is 0 Å². The van der Waals surface area contributed by atoms with Gasteiger partial charge in [-0.15, -0.1) is 0 Å². The number of methoxy groups -OCH3 is 1. The van der Waals surface area contributed by atoms with Crippen LogP contribution in [-0.2, 0) is 4.74 Å². The molecule has 0 fully saturated rings. The summed E-state index contributed by atoms with van der Waals surface area (Å²) in [4.78, 5) is 16.1. The maximum absolute atomic E-state index is 12.2. The normalized spacial score (nSPS) is 11.9. The second-order valence-electron chi connectivity index (χ2n) is 4.09. The van der Waals surface area contributed by atoms with E-state index in [0.29, 0.717) is 12.2 Å². The molecule has 0 saturated heterocycles. The smallest absolute Gasteiger partial charge is 0.253 e. The van der Waals surface area contributed by atoms with Gasteiger partial charge >= 0.3 is 0 Å². The van der Waals surface area contributed by atoms with Gasteiger partial charge in [-0.05, 0) is 12.5 Å². The van der Waals surface area contributed by atoms with E-state index in [1.54, 1.807) is 32.6 Å². The van der Waals surface area contributed by atoms with Gasteiger partial charge in [0.15, 0.2) is 0 Å². The number of carbonyl (C=O) groups is 1. The van der Waals surface area contributed by atoms with Crippen molar-refractivity contribution in [2.75, 3.05) is 26.1 Å². The number of hydrogen-bond acceptors (Lipinski definition) is 4. The van der Waals surface area contributed by atoms with Gasteiger partial charge in [0, 0.05) is 20.4 Å². The SMILES string of the molecule is CCCC(COC)NC(=O)c1ccncc1NC. The summed E-state index contributed by atoms with van der Waals surface area (Å²) in [6.45, 7) is 2.61. The number of hydrogen-bond donors (Lipinski definition) is 2. The number of nitrogens with zero attached hydrogens (tertiary/aromatic N) is 1. The number of pyridine rings is 1. The highest BCUT2D eigenvalue weighted by molar-refractivity contribution is 5.99. The maximum Gasteiger partial charge on any atom is 0.253 e. The fraction of sp³-hybridized carbons (Fsp3) is 0.538. The fourth-order valence-electron chi connectivity index (χ4n) is 1.80. The number of anilines is 1. The van der Waals surface area contributed by atoms with E-state index in [2.05, 4.69) is 22.5 Å². The van der Waals surface area contributed by atoms with E-state index < -0.39 is 0 Å². The van der Waals surface area contributed by atoms with Crippen molar-refractivity contribution in [3.8, 4) is 0 Å². The molecule has 2 N–H and O–H groups in total. The van der Waals surface area contributed by atoms with Crippen molar-refractivity contribution in [2.24, 2.45) is 0 Å². The van der Waals surface area contributed by atoms with Gasteiger partial charge < -0.3 is 15.4 Å². The third-order valence-electron chi connectivity index (χ3n) is 2.68. The molecule has 0 aliphatic heterocycles. The van der Waals surface area contributed by atoms with Gasteiger partial charge in [-0.1, -0.05) is 13.3 Å². The molecule has 1 atom stereocenters. The van der Waals surface area contributed by atoms with Crippen molar-refractivity contribution in [1.82, 2.24) is 10.3 Å². The van der Waals surface area contributed by atoms with Crippen molar-refractivity contribution in [3.05, 3.63) is 24.0 Å². The molecule has 100 valence electrons. The van der Waals surface area contributed by atoms with Crippen LogP contribution in [0.15, 0.2) is 18.5 Å². The van der Waals surface area contributed by atoms with Crippen molar-refractivity contribution in [2.45, 2.75) is 25.8 Å². The number of nitrogens with one attached hydrogen (secondary N) is 2. The van der Waals surface area contributed by atoms with Crippen LogP contribution in [0.1, 0.15) is 30.1 Å². The Morgan fingerprint density at radius 3 is 2.94 bits per heavy atom. The lowest BCUT2D eigenvalue weighted by Crippen LogP contribution is -2.38. The van der Waals surface area contributed by atoms with Gasteiger partial charge in [-0.25, -0.2) is 0 Å². The monoisotopic (exact) mass is 251 g/mol. The first-order chi connectivity index (χ1) is 8.72. The Kier molecular flexibility index (Phi) is 6.14. The minimum Gasteiger partial charge on any atom is -0.386 e. The summed E-state index contributed by atoms with van der Waals surface area (Å²) in [5, 5.41) is 5.94. The van der Waals surface area contributed by atoms with Crippen molar-refractivity contribution in [3.63, 3.8) is 0 Å². The Morgan fingerprint density at radius 2 is 2.33 bits per heavy atom. The van der Waals surface area contributed by atoms with Crippen LogP contribution < -0.4 is 10.6 Å². The summed E-state index contributed by atoms with van der Waals surface area (Å²) in [7, 11) is 3.41. The molecule has 1 aromatic rings. The molecule has 0 radical (unpaired) electrons. The topological polar surface area (TPSA) is 63.2 Å². The van der Waals surface area contributed by atoms with Gasteiger partial charge in [-0.3, -0.25) is 9.78 Å². The summed E-state index contributed by atoms with van der Waals surface area (Å²) in [6.07, 6.45) is 5.16. The zero-order valence-corrected chi connectivity index (χ0v) is 11.2. The maximum atomic E-state index is 12.2. The molecule has 5 heteroatoms. The van der Waals surface area contributed by atoms with Gasteiger partial charge in [0.2, 0.25) is 0 Å². The second-order valence-corrected chi connectivity index (χ2v) is 4.09. The van der Waals surface area contributed by atoms with Crippen LogP contribution in [0.2, 0.25) is 0 Å². The zero-order chi connectivity index (χ0) is 13.4. The minimum absolute atomic E-state index is 0.0466. The number of amides is 1. The predicted molar refractivity (Wildman–Crippen MR) is 71.8 cm³/mol.